The Kier molecular flexibility index (Phi) is 11.1. The van der Waals surface area contributed by atoms with Crippen LogP contribution >= 0.6 is 0 Å². The predicted molar refractivity (Wildman–Crippen MR) is 61.5 cm³/mol. The van der Waals surface area contributed by atoms with Gasteiger partial charge in [0.25, 0.3) is 0 Å². The number of fused-ring (bicyclic) bond motifs is 1. The van der Waals surface area contributed by atoms with E-state index in [-0.39, 0.29) is 21.1 Å². The minimum atomic E-state index is 0. The van der Waals surface area contributed by atoms with Crippen LogP contribution in [0.25, 0.3) is 5.52 Å². The first-order chi connectivity index (χ1) is 6.88. The molecule has 0 atom stereocenters. The van der Waals surface area contributed by atoms with Crippen LogP contribution < -0.4 is 0 Å². The van der Waals surface area contributed by atoms with Crippen molar-refractivity contribution in [2.24, 2.45) is 0 Å². The zero-order valence-electron chi connectivity index (χ0n) is 10.1. The van der Waals surface area contributed by atoms with Gasteiger partial charge in [0, 0.05) is 27.4 Å². The van der Waals surface area contributed by atoms with Crippen LogP contribution in [0.4, 0.5) is 0 Å². The molecular weight excluding hydrogens is 356 g/mol. The topological polar surface area (TPSA) is 17.3 Å². The van der Waals surface area contributed by atoms with Crippen molar-refractivity contribution in [2.45, 2.75) is 34.6 Å². The summed E-state index contributed by atoms with van der Waals surface area (Å²) in [4.78, 5) is 4.03. The molecule has 2 rings (SSSR count). The monoisotopic (exact) mass is 375 g/mol. The molecule has 0 aliphatic carbocycles. The van der Waals surface area contributed by atoms with Crippen LogP contribution in [0.2, 0.25) is 0 Å². The molecule has 0 amide bonds. The summed E-state index contributed by atoms with van der Waals surface area (Å²) >= 11 is 0. The Hall–Kier alpha value is -0.622. The standard InChI is InChI=1S/C8H7N2.2C2H6.W/c1-7-8-4-2-3-5-10(8)6-9-7;2*1-2;/h2-5H,1H3;2*1-2H3;/q-1;;;. The van der Waals surface area contributed by atoms with Gasteiger partial charge in [-0.2, -0.15) is 0 Å². The van der Waals surface area contributed by atoms with Gasteiger partial charge in [0.15, 0.2) is 0 Å². The summed E-state index contributed by atoms with van der Waals surface area (Å²) in [6, 6.07) is 5.99. The first kappa shape index (κ1) is 16.8. The van der Waals surface area contributed by atoms with Crippen LogP contribution in [0.1, 0.15) is 33.4 Å². The van der Waals surface area contributed by atoms with E-state index in [1.54, 1.807) is 0 Å². The average Bonchev–Trinajstić information content (AvgIpc) is 2.67. The second kappa shape index (κ2) is 9.92. The van der Waals surface area contributed by atoms with E-state index in [1.165, 1.54) is 0 Å². The van der Waals surface area contributed by atoms with E-state index in [0.29, 0.717) is 0 Å². The van der Waals surface area contributed by atoms with Crippen LogP contribution in [0, 0.1) is 13.3 Å². The summed E-state index contributed by atoms with van der Waals surface area (Å²) in [5, 5.41) is 0. The number of nitrogens with zero attached hydrogens (tertiary/aromatic N) is 2. The van der Waals surface area contributed by atoms with Gasteiger partial charge in [-0.3, -0.25) is 0 Å². The Morgan fingerprint density at radius 1 is 1.13 bits per heavy atom. The van der Waals surface area contributed by atoms with E-state index in [1.807, 2.05) is 63.4 Å². The molecule has 0 aromatic carbocycles. The van der Waals surface area contributed by atoms with E-state index < -0.39 is 0 Å². The third-order valence-corrected chi connectivity index (χ3v) is 1.56. The molecule has 2 aromatic heterocycles. The van der Waals surface area contributed by atoms with Gasteiger partial charge in [0.2, 0.25) is 0 Å². The maximum absolute atomic E-state index is 4.03. The molecular formula is C12H19N2W-. The number of aromatic nitrogens is 2. The zero-order valence-corrected chi connectivity index (χ0v) is 13.0. The number of rotatable bonds is 0. The number of imidazole rings is 1. The summed E-state index contributed by atoms with van der Waals surface area (Å²) in [7, 11) is 0. The number of pyridine rings is 1. The van der Waals surface area contributed by atoms with Crippen molar-refractivity contribution < 1.29 is 21.1 Å². The van der Waals surface area contributed by atoms with Crippen LogP contribution in [0.5, 0.6) is 0 Å². The third-order valence-electron chi connectivity index (χ3n) is 1.56. The second-order valence-corrected chi connectivity index (χ2v) is 2.25. The minimum Gasteiger partial charge on any atom is -0.433 e. The van der Waals surface area contributed by atoms with E-state index in [9.17, 15) is 0 Å². The van der Waals surface area contributed by atoms with Gasteiger partial charge < -0.3 is 9.38 Å². The van der Waals surface area contributed by atoms with Gasteiger partial charge in [-0.1, -0.05) is 70.2 Å². The fourth-order valence-corrected chi connectivity index (χ4v) is 1.01. The Labute approximate surface area is 107 Å². The number of hydrogen-bond donors (Lipinski definition) is 0. The summed E-state index contributed by atoms with van der Waals surface area (Å²) in [5.41, 5.74) is 2.16. The Morgan fingerprint density at radius 3 is 2.27 bits per heavy atom. The smallest absolute Gasteiger partial charge is 0.0410 e. The largest absolute Gasteiger partial charge is 0.433 e. The van der Waals surface area contributed by atoms with E-state index in [2.05, 4.69) is 11.3 Å². The molecule has 0 bridgehead atoms. The maximum atomic E-state index is 4.03. The molecule has 0 radical (unpaired) electrons. The third kappa shape index (κ3) is 4.61. The Bertz CT molecular complexity index is 355. The summed E-state index contributed by atoms with van der Waals surface area (Å²) in [6.45, 7) is 9.98. The van der Waals surface area contributed by atoms with Crippen LogP contribution in [0.15, 0.2) is 24.4 Å². The molecule has 2 aromatic rings. The molecule has 2 nitrogen and oxygen atoms in total. The fraction of sp³-hybridized carbons (Fsp3) is 0.417. The quantitative estimate of drug-likeness (QED) is 0.645. The number of aryl methyl sites for hydroxylation is 1. The van der Waals surface area contributed by atoms with Gasteiger partial charge in [0.05, 0.1) is 0 Å². The summed E-state index contributed by atoms with van der Waals surface area (Å²) in [6.07, 6.45) is 4.79. The molecule has 0 fully saturated rings. The molecule has 0 saturated carbocycles. The fourth-order valence-electron chi connectivity index (χ4n) is 1.01. The molecule has 0 unspecified atom stereocenters. The molecule has 3 heteroatoms. The van der Waals surface area contributed by atoms with Gasteiger partial charge in [0.1, 0.15) is 0 Å². The summed E-state index contributed by atoms with van der Waals surface area (Å²) in [5.74, 6) is 0. The molecule has 0 aliphatic heterocycles. The zero-order chi connectivity index (χ0) is 11.0. The first-order valence-corrected chi connectivity index (χ1v) is 5.19. The molecule has 15 heavy (non-hydrogen) atoms. The normalized spacial score (nSPS) is 7.80. The average molecular weight is 375 g/mol. The van der Waals surface area contributed by atoms with Crippen LogP contribution in [-0.4, -0.2) is 9.38 Å². The van der Waals surface area contributed by atoms with Crippen molar-refractivity contribution in [3.63, 3.8) is 0 Å². The van der Waals surface area contributed by atoms with E-state index in [4.69, 9.17) is 0 Å². The summed E-state index contributed by atoms with van der Waals surface area (Å²) < 4.78 is 1.88. The molecule has 0 spiro atoms. The predicted octanol–water partition coefficient (Wildman–Crippen LogP) is 3.49. The van der Waals surface area contributed by atoms with Gasteiger partial charge >= 0.3 is 0 Å². The van der Waals surface area contributed by atoms with Crippen molar-refractivity contribution in [2.75, 3.05) is 0 Å². The molecule has 0 saturated heterocycles. The van der Waals surface area contributed by atoms with Crippen LogP contribution in [0.3, 0.4) is 0 Å². The van der Waals surface area contributed by atoms with Crippen molar-refractivity contribution in [1.29, 1.82) is 0 Å². The first-order valence-electron chi connectivity index (χ1n) is 5.19. The van der Waals surface area contributed by atoms with Crippen LogP contribution in [-0.2, 0) is 21.1 Å². The van der Waals surface area contributed by atoms with E-state index in [0.717, 1.165) is 11.2 Å². The molecule has 84 valence electrons. The Balaban J connectivity index is 0. The van der Waals surface area contributed by atoms with Gasteiger partial charge in [-0.05, 0) is 0 Å². The number of hydrogen-bond acceptors (Lipinski definition) is 1. The van der Waals surface area contributed by atoms with E-state index >= 15 is 0 Å². The van der Waals surface area contributed by atoms with Crippen molar-refractivity contribution in [3.05, 3.63) is 36.4 Å². The molecule has 0 aliphatic rings. The van der Waals surface area contributed by atoms with Crippen molar-refractivity contribution in [1.82, 2.24) is 9.38 Å². The van der Waals surface area contributed by atoms with Crippen molar-refractivity contribution >= 4 is 5.52 Å². The van der Waals surface area contributed by atoms with Gasteiger partial charge in [-0.25, -0.2) is 0 Å². The van der Waals surface area contributed by atoms with Crippen molar-refractivity contribution in [3.8, 4) is 0 Å². The minimum absolute atomic E-state index is 0. The Morgan fingerprint density at radius 2 is 1.73 bits per heavy atom. The SMILES string of the molecule is CC.CC.Cc1n[c-]n2ccccc12.[W]. The second-order valence-electron chi connectivity index (χ2n) is 2.25. The molecule has 2 heterocycles. The molecule has 0 N–H and O–H groups in total. The maximum Gasteiger partial charge on any atom is 0.0410 e. The van der Waals surface area contributed by atoms with Gasteiger partial charge in [-0.15, -0.1) is 0 Å².